The van der Waals surface area contributed by atoms with E-state index in [1.807, 2.05) is 6.08 Å². The van der Waals surface area contributed by atoms with Gasteiger partial charge in [-0.25, -0.2) is 0 Å². The van der Waals surface area contributed by atoms with E-state index in [1.165, 1.54) is 81.7 Å². The minimum absolute atomic E-state index is 0.468. The van der Waals surface area contributed by atoms with Gasteiger partial charge in [-0.15, -0.1) is 0 Å². The van der Waals surface area contributed by atoms with Gasteiger partial charge >= 0.3 is 0 Å². The van der Waals surface area contributed by atoms with Crippen molar-refractivity contribution in [1.29, 1.82) is 5.26 Å². The van der Waals surface area contributed by atoms with Crippen molar-refractivity contribution < 1.29 is 0 Å². The Hall–Kier alpha value is -5.37. The van der Waals surface area contributed by atoms with Crippen LogP contribution in [0.2, 0.25) is 19.6 Å². The number of aromatic nitrogens is 1. The summed E-state index contributed by atoms with van der Waals surface area (Å²) in [7, 11) is -1.48. The highest BCUT2D eigenvalue weighted by Gasteiger charge is 2.25. The molecule has 3 nitrogen and oxygen atoms in total. The van der Waals surface area contributed by atoms with E-state index < -0.39 is 8.07 Å². The fourth-order valence-electron chi connectivity index (χ4n) is 8.40. The number of fused-ring (bicyclic) bond motifs is 8. The van der Waals surface area contributed by atoms with E-state index in [0.29, 0.717) is 11.8 Å². The summed E-state index contributed by atoms with van der Waals surface area (Å²) in [5, 5.41) is 21.4. The number of hydrogen-bond acceptors (Lipinski definition) is 2. The van der Waals surface area contributed by atoms with Crippen molar-refractivity contribution in [3.63, 3.8) is 0 Å². The monoisotopic (exact) mass is 691 g/mol. The zero-order valence-corrected chi connectivity index (χ0v) is 32.3. The van der Waals surface area contributed by atoms with Crippen LogP contribution in [0.3, 0.4) is 0 Å². The molecular formula is C48H45N3Si. The second-order valence-electron chi connectivity index (χ2n) is 16.6. The van der Waals surface area contributed by atoms with Crippen LogP contribution in [0.5, 0.6) is 0 Å². The van der Waals surface area contributed by atoms with Crippen molar-refractivity contribution >= 4 is 84.3 Å². The van der Waals surface area contributed by atoms with E-state index in [9.17, 15) is 5.26 Å². The Labute approximate surface area is 307 Å². The average Bonchev–Trinajstić information content (AvgIpc) is 3.63. The predicted octanol–water partition coefficient (Wildman–Crippen LogP) is 13.2. The lowest BCUT2D eigenvalue weighted by atomic mass is 9.96. The summed E-state index contributed by atoms with van der Waals surface area (Å²) in [6.07, 6.45) is 5.73. The summed E-state index contributed by atoms with van der Waals surface area (Å²) in [6, 6.07) is 40.1. The molecule has 0 atom stereocenters. The van der Waals surface area contributed by atoms with E-state index in [0.717, 1.165) is 29.8 Å². The summed E-state index contributed by atoms with van der Waals surface area (Å²) < 4.78 is 2.53. The highest BCUT2D eigenvalue weighted by molar-refractivity contribution is 6.88. The van der Waals surface area contributed by atoms with E-state index in [4.69, 9.17) is 0 Å². The molecule has 0 saturated carbocycles. The summed E-state index contributed by atoms with van der Waals surface area (Å²) in [6.45, 7) is 16.3. The smallest absolute Gasteiger partial charge is 0.0947 e. The number of rotatable bonds is 6. The molecule has 0 bridgehead atoms. The van der Waals surface area contributed by atoms with Crippen molar-refractivity contribution in [2.45, 2.75) is 72.0 Å². The van der Waals surface area contributed by atoms with Crippen LogP contribution < -0.4 is 10.1 Å². The van der Waals surface area contributed by atoms with Crippen LogP contribution >= 0.6 is 0 Å². The molecule has 0 unspecified atom stereocenters. The molecule has 52 heavy (non-hydrogen) atoms. The first-order chi connectivity index (χ1) is 25.0. The van der Waals surface area contributed by atoms with Gasteiger partial charge in [0.05, 0.1) is 30.7 Å². The lowest BCUT2D eigenvalue weighted by molar-refractivity contribution is 0.869. The van der Waals surface area contributed by atoms with E-state index in [-0.39, 0.29) is 0 Å². The van der Waals surface area contributed by atoms with E-state index >= 15 is 0 Å². The summed E-state index contributed by atoms with van der Waals surface area (Å²) in [5.74, 6) is 0.935. The summed E-state index contributed by atoms with van der Waals surface area (Å²) >= 11 is 0. The SMILES string of the molecule is CC(C)c1ccc2cc3c(cc2c1)c1cc(N(C2=CC=C(C#N)CC2)c2ccc([Si](C)(C)C)cc2)cc2c4cc5cc(C(C)C)ccc5cc4n3c12. The standard InChI is InChI=1S/C48H45N3Si/c1-29(2)32-10-12-34-24-46-42(22-36(34)20-32)44-26-40(50(38-14-8-31(28-49)9-15-38)39-16-18-41(19-17-39)52(5,6)7)27-45-43-23-37-21-33(30(3)4)11-13-35(37)25-47(43)51(46)48(44)45/h8,10-14,16-27,29-30H,9,15H2,1-7H3. The Bertz CT molecular complexity index is 2700. The van der Waals surface area contributed by atoms with Crippen LogP contribution in [0.1, 0.15) is 63.5 Å². The lowest BCUT2D eigenvalue weighted by Crippen LogP contribution is -2.37. The molecule has 0 amide bonds. The zero-order valence-electron chi connectivity index (χ0n) is 31.3. The van der Waals surface area contributed by atoms with Crippen LogP contribution in [0, 0.1) is 11.3 Å². The van der Waals surface area contributed by atoms with E-state index in [1.54, 1.807) is 0 Å². The van der Waals surface area contributed by atoms with Crippen LogP contribution in [0.4, 0.5) is 11.4 Å². The number of benzene rings is 6. The van der Waals surface area contributed by atoms with Gasteiger partial charge in [-0.2, -0.15) is 5.26 Å². The fraction of sp³-hybridized carbons (Fsp3) is 0.229. The lowest BCUT2D eigenvalue weighted by Gasteiger charge is -2.30. The van der Waals surface area contributed by atoms with Gasteiger partial charge in [-0.1, -0.05) is 101 Å². The van der Waals surface area contributed by atoms with Crippen molar-refractivity contribution in [1.82, 2.24) is 4.40 Å². The highest BCUT2D eigenvalue weighted by Crippen LogP contribution is 2.46. The largest absolute Gasteiger partial charge is 0.314 e. The molecule has 0 N–H and O–H groups in total. The Balaban J connectivity index is 1.39. The van der Waals surface area contributed by atoms with Crippen molar-refractivity contribution in [2.24, 2.45) is 0 Å². The first-order valence-electron chi connectivity index (χ1n) is 18.8. The summed E-state index contributed by atoms with van der Waals surface area (Å²) in [4.78, 5) is 2.45. The third kappa shape index (κ3) is 5.13. The first kappa shape index (κ1) is 32.5. The fourth-order valence-corrected chi connectivity index (χ4v) is 9.56. The maximum atomic E-state index is 9.70. The number of nitrogens with zero attached hydrogens (tertiary/aromatic N) is 3. The quantitative estimate of drug-likeness (QED) is 0.163. The second kappa shape index (κ2) is 11.8. The molecule has 2 heterocycles. The van der Waals surface area contributed by atoms with Gasteiger partial charge in [0.15, 0.2) is 0 Å². The van der Waals surface area contributed by atoms with Crippen molar-refractivity contribution in [3.05, 3.63) is 132 Å². The third-order valence-corrected chi connectivity index (χ3v) is 13.5. The molecule has 0 spiro atoms. The molecule has 1 aliphatic rings. The molecule has 0 fully saturated rings. The minimum Gasteiger partial charge on any atom is -0.314 e. The van der Waals surface area contributed by atoms with Crippen LogP contribution in [0.25, 0.3) is 59.6 Å². The predicted molar refractivity (Wildman–Crippen MR) is 227 cm³/mol. The molecule has 0 saturated heterocycles. The topological polar surface area (TPSA) is 31.4 Å². The second-order valence-corrected chi connectivity index (χ2v) is 21.7. The van der Waals surface area contributed by atoms with Gasteiger partial charge in [0, 0.05) is 44.2 Å². The molecule has 8 aromatic rings. The van der Waals surface area contributed by atoms with Gasteiger partial charge in [0.25, 0.3) is 0 Å². The number of anilines is 2. The first-order valence-corrected chi connectivity index (χ1v) is 22.3. The van der Waals surface area contributed by atoms with Crippen LogP contribution in [-0.2, 0) is 0 Å². The maximum absolute atomic E-state index is 9.70. The Morgan fingerprint density at radius 3 is 1.62 bits per heavy atom. The van der Waals surface area contributed by atoms with E-state index in [2.05, 4.69) is 166 Å². The molecule has 256 valence electrons. The van der Waals surface area contributed by atoms with Gasteiger partial charge in [0.2, 0.25) is 0 Å². The Morgan fingerprint density at radius 1 is 0.596 bits per heavy atom. The molecule has 2 aromatic heterocycles. The molecule has 9 rings (SSSR count). The van der Waals surface area contributed by atoms with Crippen molar-refractivity contribution in [3.8, 4) is 6.07 Å². The molecule has 1 aliphatic carbocycles. The number of hydrogen-bond donors (Lipinski definition) is 0. The number of allylic oxidation sites excluding steroid dienone is 4. The highest BCUT2D eigenvalue weighted by atomic mass is 28.3. The third-order valence-electron chi connectivity index (χ3n) is 11.5. The molecule has 0 radical (unpaired) electrons. The van der Waals surface area contributed by atoms with Crippen molar-refractivity contribution in [2.75, 3.05) is 4.90 Å². The van der Waals surface area contributed by atoms with Gasteiger partial charge in [-0.05, 0) is 118 Å². The Morgan fingerprint density at radius 2 is 1.15 bits per heavy atom. The molecule has 0 aliphatic heterocycles. The number of nitriles is 1. The van der Waals surface area contributed by atoms with Gasteiger partial charge in [-0.3, -0.25) is 0 Å². The zero-order chi connectivity index (χ0) is 36.1. The average molecular weight is 692 g/mol. The molecule has 4 heteroatoms. The Kier molecular flexibility index (Phi) is 7.40. The van der Waals surface area contributed by atoms with Gasteiger partial charge < -0.3 is 9.30 Å². The van der Waals surface area contributed by atoms with Crippen LogP contribution in [0.15, 0.2) is 120 Å². The van der Waals surface area contributed by atoms with Crippen LogP contribution in [-0.4, -0.2) is 12.5 Å². The normalized spacial score (nSPS) is 14.1. The minimum atomic E-state index is -1.48. The molecular weight excluding hydrogens is 647 g/mol. The summed E-state index contributed by atoms with van der Waals surface area (Å²) in [5.41, 5.74) is 10.9. The van der Waals surface area contributed by atoms with Gasteiger partial charge in [0.1, 0.15) is 0 Å². The molecule has 6 aromatic carbocycles. The maximum Gasteiger partial charge on any atom is 0.0947 e.